The van der Waals surface area contributed by atoms with Crippen LogP contribution in [0.3, 0.4) is 0 Å². The summed E-state index contributed by atoms with van der Waals surface area (Å²) in [5, 5.41) is 0.460. The average Bonchev–Trinajstić information content (AvgIpc) is 2.84. The summed E-state index contributed by atoms with van der Waals surface area (Å²) < 4.78 is 26.1. The van der Waals surface area contributed by atoms with Crippen LogP contribution in [0.25, 0.3) is 0 Å². The van der Waals surface area contributed by atoms with E-state index in [9.17, 15) is 18.8 Å². The molecule has 1 heterocycles. The van der Waals surface area contributed by atoms with Crippen molar-refractivity contribution in [2.75, 3.05) is 49.3 Å². The second-order valence-electron chi connectivity index (χ2n) is 12.3. The van der Waals surface area contributed by atoms with E-state index in [0.29, 0.717) is 28.4 Å². The molecule has 10 heteroatoms. The van der Waals surface area contributed by atoms with Crippen molar-refractivity contribution in [1.29, 1.82) is 0 Å². The third-order valence-corrected chi connectivity index (χ3v) is 8.38. The standard InChI is InChI=1S/C31H42ClFN2O5S/c1-21-11-12-23(33)18-26(21)29-25(13-14-27(36)34(29)19-28(37)40-31(2,3)4)30(38)35(20-39-15-16-41(5,6)7)24-10-8-9-22(32)17-24/h8-12,17-18,25,29H,13-16,19-20H2,1-7H3/t25?,29-/m0/s1. The average molecular weight is 609 g/mol. The van der Waals surface area contributed by atoms with Gasteiger partial charge in [-0.3, -0.25) is 19.3 Å². The number of rotatable bonds is 10. The van der Waals surface area contributed by atoms with E-state index in [1.54, 1.807) is 58.0 Å². The number of esters is 1. The minimum atomic E-state index is -0.882. The molecule has 226 valence electrons. The fourth-order valence-corrected chi connectivity index (χ4v) is 5.60. The number of ether oxygens (including phenoxy) is 2. The Hall–Kier alpha value is -2.62. The van der Waals surface area contributed by atoms with Gasteiger partial charge in [0.25, 0.3) is 0 Å². The van der Waals surface area contributed by atoms with Crippen LogP contribution in [0.2, 0.25) is 5.02 Å². The Bertz CT molecular complexity index is 1260. The molecule has 0 bridgehead atoms. The fourth-order valence-electron chi connectivity index (χ4n) is 4.80. The molecule has 0 radical (unpaired) electrons. The zero-order chi connectivity index (χ0) is 30.5. The summed E-state index contributed by atoms with van der Waals surface area (Å²) in [6, 6.07) is 10.3. The molecule has 1 aliphatic heterocycles. The Morgan fingerprint density at radius 3 is 2.49 bits per heavy atom. The van der Waals surface area contributed by atoms with Crippen molar-refractivity contribution < 1.29 is 28.2 Å². The topological polar surface area (TPSA) is 76.2 Å². The van der Waals surface area contributed by atoms with Gasteiger partial charge in [-0.1, -0.05) is 23.7 Å². The van der Waals surface area contributed by atoms with Crippen LogP contribution in [0.1, 0.15) is 50.8 Å². The molecule has 1 unspecified atom stereocenters. The number of amides is 2. The van der Waals surface area contributed by atoms with Crippen LogP contribution in [0.5, 0.6) is 0 Å². The number of hydrogen-bond donors (Lipinski definition) is 0. The molecule has 41 heavy (non-hydrogen) atoms. The number of benzene rings is 2. The SMILES string of the molecule is Cc1ccc(F)cc1[C@@H]1C(C(=O)N(COCCS(C)(C)C)c2cccc(Cl)c2)CCC(=O)N1CC(=O)OC(C)(C)C. The van der Waals surface area contributed by atoms with Crippen molar-refractivity contribution in [1.82, 2.24) is 4.90 Å². The highest BCUT2D eigenvalue weighted by atomic mass is 35.5. The maximum absolute atomic E-state index is 14.6. The van der Waals surface area contributed by atoms with Crippen LogP contribution >= 0.6 is 21.6 Å². The van der Waals surface area contributed by atoms with Crippen LogP contribution in [-0.2, 0) is 23.9 Å². The minimum Gasteiger partial charge on any atom is -0.459 e. The molecule has 3 rings (SSSR count). The number of carbonyl (C=O) groups excluding carboxylic acids is 3. The summed E-state index contributed by atoms with van der Waals surface area (Å²) in [6.07, 6.45) is 6.87. The van der Waals surface area contributed by atoms with Gasteiger partial charge in [-0.15, -0.1) is 0 Å². The van der Waals surface area contributed by atoms with E-state index in [4.69, 9.17) is 21.1 Å². The molecule has 0 aromatic heterocycles. The van der Waals surface area contributed by atoms with E-state index >= 15 is 0 Å². The molecule has 1 aliphatic rings. The normalized spacial score (nSPS) is 18.3. The lowest BCUT2D eigenvalue weighted by Gasteiger charge is -2.42. The van der Waals surface area contributed by atoms with Gasteiger partial charge in [0.1, 0.15) is 24.7 Å². The first-order chi connectivity index (χ1) is 19.1. The van der Waals surface area contributed by atoms with Crippen LogP contribution in [0, 0.1) is 18.7 Å². The molecule has 2 aromatic rings. The number of piperidine rings is 1. The third kappa shape index (κ3) is 9.45. The van der Waals surface area contributed by atoms with Crippen molar-refractivity contribution in [3.8, 4) is 0 Å². The lowest BCUT2D eigenvalue weighted by molar-refractivity contribution is -0.163. The van der Waals surface area contributed by atoms with Gasteiger partial charge >= 0.3 is 5.97 Å². The van der Waals surface area contributed by atoms with Gasteiger partial charge in [0.2, 0.25) is 11.8 Å². The second-order valence-corrected chi connectivity index (χ2v) is 17.3. The van der Waals surface area contributed by atoms with Gasteiger partial charge in [0.15, 0.2) is 0 Å². The summed E-state index contributed by atoms with van der Waals surface area (Å²) in [5.74, 6) is -1.59. The van der Waals surface area contributed by atoms with Crippen LogP contribution in [0.15, 0.2) is 42.5 Å². The Balaban J connectivity index is 2.03. The van der Waals surface area contributed by atoms with Gasteiger partial charge in [0.05, 0.1) is 18.6 Å². The van der Waals surface area contributed by atoms with E-state index in [1.807, 2.05) is 0 Å². The van der Waals surface area contributed by atoms with E-state index in [1.165, 1.54) is 21.9 Å². The van der Waals surface area contributed by atoms with Gasteiger partial charge in [-0.25, -0.2) is 14.4 Å². The summed E-state index contributed by atoms with van der Waals surface area (Å²) in [7, 11) is -0.799. The molecule has 2 atom stereocenters. The van der Waals surface area contributed by atoms with Crippen molar-refractivity contribution in [2.45, 2.75) is 52.2 Å². The van der Waals surface area contributed by atoms with Crippen LogP contribution in [-0.4, -0.2) is 72.7 Å². The first-order valence-corrected chi connectivity index (χ1v) is 17.0. The zero-order valence-corrected chi connectivity index (χ0v) is 26.6. The molecule has 0 saturated carbocycles. The molecule has 0 aliphatic carbocycles. The first kappa shape index (κ1) is 32.9. The Morgan fingerprint density at radius 2 is 1.85 bits per heavy atom. The van der Waals surface area contributed by atoms with E-state index < -0.39 is 39.4 Å². The number of halogens is 2. The quantitative estimate of drug-likeness (QED) is 0.185. The van der Waals surface area contributed by atoms with Crippen LogP contribution < -0.4 is 4.90 Å². The summed E-state index contributed by atoms with van der Waals surface area (Å²) in [5.41, 5.74) is 0.973. The van der Waals surface area contributed by atoms with Crippen molar-refractivity contribution >= 4 is 45.1 Å². The number of hydrogen-bond acceptors (Lipinski definition) is 5. The summed E-state index contributed by atoms with van der Waals surface area (Å²) in [4.78, 5) is 43.5. The highest BCUT2D eigenvalue weighted by molar-refractivity contribution is 8.32. The van der Waals surface area contributed by atoms with Crippen LogP contribution in [0.4, 0.5) is 10.1 Å². The number of carbonyl (C=O) groups is 3. The lowest BCUT2D eigenvalue weighted by Crippen LogP contribution is -2.51. The Kier molecular flexibility index (Phi) is 10.9. The van der Waals surface area contributed by atoms with E-state index in [0.717, 1.165) is 5.75 Å². The Labute approximate surface area is 249 Å². The monoisotopic (exact) mass is 608 g/mol. The zero-order valence-electron chi connectivity index (χ0n) is 25.0. The number of aryl methyl sites for hydroxylation is 1. The van der Waals surface area contributed by atoms with Gasteiger partial charge in [-0.2, -0.15) is 0 Å². The molecule has 1 fully saturated rings. The fraction of sp³-hybridized carbons (Fsp3) is 0.516. The highest BCUT2D eigenvalue weighted by Crippen LogP contribution is 2.40. The third-order valence-electron chi connectivity index (χ3n) is 6.75. The van der Waals surface area contributed by atoms with E-state index in [2.05, 4.69) is 18.8 Å². The molecule has 2 amide bonds. The lowest BCUT2D eigenvalue weighted by atomic mass is 9.81. The largest absolute Gasteiger partial charge is 0.459 e. The number of nitrogens with zero attached hydrogens (tertiary/aromatic N) is 2. The van der Waals surface area contributed by atoms with Gasteiger partial charge in [0, 0.05) is 22.9 Å². The van der Waals surface area contributed by atoms with E-state index in [-0.39, 0.29) is 37.9 Å². The second kappa shape index (κ2) is 13.6. The summed E-state index contributed by atoms with van der Waals surface area (Å²) >= 11 is 6.29. The molecular weight excluding hydrogens is 567 g/mol. The maximum atomic E-state index is 14.6. The van der Waals surface area contributed by atoms with Crippen molar-refractivity contribution in [3.05, 3.63) is 64.4 Å². The molecule has 7 nitrogen and oxygen atoms in total. The summed E-state index contributed by atoms with van der Waals surface area (Å²) in [6.45, 7) is 7.13. The molecule has 1 saturated heterocycles. The molecule has 2 aromatic carbocycles. The maximum Gasteiger partial charge on any atom is 0.326 e. The smallest absolute Gasteiger partial charge is 0.326 e. The molecule has 0 spiro atoms. The highest BCUT2D eigenvalue weighted by Gasteiger charge is 2.44. The first-order valence-electron chi connectivity index (χ1n) is 13.6. The molecule has 0 N–H and O–H groups in total. The predicted molar refractivity (Wildman–Crippen MR) is 164 cm³/mol. The predicted octanol–water partition coefficient (Wildman–Crippen LogP) is 6.11. The number of anilines is 1. The van der Waals surface area contributed by atoms with Gasteiger partial charge < -0.3 is 14.4 Å². The van der Waals surface area contributed by atoms with Crippen molar-refractivity contribution in [2.24, 2.45) is 5.92 Å². The van der Waals surface area contributed by atoms with Crippen molar-refractivity contribution in [3.63, 3.8) is 0 Å². The number of likely N-dealkylation sites (tertiary alicyclic amines) is 1. The minimum absolute atomic E-state index is 0.0138. The Morgan fingerprint density at radius 1 is 1.15 bits per heavy atom. The van der Waals surface area contributed by atoms with Gasteiger partial charge in [-0.05, 0) is 94.3 Å². The molecular formula is C31H42ClFN2O5S.